The molecule has 1 saturated heterocycles. The zero-order valence-corrected chi connectivity index (χ0v) is 20.5. The van der Waals surface area contributed by atoms with Gasteiger partial charge in [-0.3, -0.25) is 0 Å². The smallest absolute Gasteiger partial charge is 0.118 e. The normalized spacial score (nSPS) is 17.5. The second kappa shape index (κ2) is 13.3. The minimum Gasteiger partial charge on any atom is -0.497 e. The summed E-state index contributed by atoms with van der Waals surface area (Å²) in [5, 5.41) is 3.45. The number of methoxy groups -OCH3 is 1. The first kappa shape index (κ1) is 25.2. The van der Waals surface area contributed by atoms with Crippen molar-refractivity contribution in [2.45, 2.75) is 44.9 Å². The van der Waals surface area contributed by atoms with E-state index in [4.69, 9.17) is 4.74 Å². The van der Waals surface area contributed by atoms with Crippen LogP contribution in [0.5, 0.6) is 5.75 Å². The lowest BCUT2D eigenvalue weighted by atomic mass is 9.98. The number of benzene rings is 1. The lowest BCUT2D eigenvalue weighted by molar-refractivity contribution is 0.219. The third-order valence-electron chi connectivity index (χ3n) is 5.55. The minimum absolute atomic E-state index is 0.619. The maximum atomic E-state index is 5.27. The van der Waals surface area contributed by atoms with Crippen molar-refractivity contribution < 1.29 is 4.74 Å². The predicted octanol–water partition coefficient (Wildman–Crippen LogP) is 6.22. The quantitative estimate of drug-likeness (QED) is 0.307. The molecule has 0 aliphatic carbocycles. The van der Waals surface area contributed by atoms with Gasteiger partial charge in [0.15, 0.2) is 0 Å². The molecule has 1 heterocycles. The Morgan fingerprint density at radius 3 is 2.65 bits per heavy atom. The number of nitrogens with one attached hydrogen (secondary N) is 1. The fourth-order valence-electron chi connectivity index (χ4n) is 3.70. The van der Waals surface area contributed by atoms with E-state index in [1.165, 1.54) is 17.7 Å². The Balaban J connectivity index is 1.92. The van der Waals surface area contributed by atoms with E-state index < -0.39 is 0 Å². The molecule has 2 rings (SSSR count). The molecule has 1 aliphatic rings. The van der Waals surface area contributed by atoms with Gasteiger partial charge < -0.3 is 15.0 Å². The minimum atomic E-state index is 0.619. The summed E-state index contributed by atoms with van der Waals surface area (Å²) in [4.78, 5) is 3.63. The number of ether oxygens (including phenoxy) is 1. The zero-order valence-electron chi connectivity index (χ0n) is 19.7. The van der Waals surface area contributed by atoms with Crippen LogP contribution in [-0.4, -0.2) is 42.5 Å². The van der Waals surface area contributed by atoms with Crippen molar-refractivity contribution in [1.82, 2.24) is 14.5 Å². The average Bonchev–Trinajstić information content (AvgIpc) is 2.80. The Bertz CT molecular complexity index is 769. The number of rotatable bonds is 12. The van der Waals surface area contributed by atoms with Crippen LogP contribution in [0.3, 0.4) is 0 Å². The van der Waals surface area contributed by atoms with E-state index in [9.17, 15) is 0 Å². The number of nitrogens with zero attached hydrogens (tertiary/aromatic N) is 2. The van der Waals surface area contributed by atoms with E-state index in [2.05, 4.69) is 65.8 Å². The molecule has 0 amide bonds. The largest absolute Gasteiger partial charge is 0.497 e. The Hall–Kier alpha value is -2.11. The van der Waals surface area contributed by atoms with E-state index in [0.717, 1.165) is 55.4 Å². The van der Waals surface area contributed by atoms with Crippen LogP contribution in [-0.2, 0) is 0 Å². The van der Waals surface area contributed by atoms with Gasteiger partial charge in [0.1, 0.15) is 5.75 Å². The summed E-state index contributed by atoms with van der Waals surface area (Å²) < 4.78 is 7.76. The molecule has 0 aromatic heterocycles. The molecule has 1 aromatic carbocycles. The number of allylic oxidation sites excluding steroid dienone is 4. The molecule has 0 radical (unpaired) electrons. The second-order valence-corrected chi connectivity index (χ2v) is 8.99. The van der Waals surface area contributed by atoms with Crippen molar-refractivity contribution in [1.29, 1.82) is 0 Å². The Kier molecular flexibility index (Phi) is 10.8. The second-order valence-electron chi connectivity index (χ2n) is 7.82. The molecule has 1 aliphatic heterocycles. The lowest BCUT2D eigenvalue weighted by Gasteiger charge is -2.36. The molecule has 0 bridgehead atoms. The van der Waals surface area contributed by atoms with Gasteiger partial charge in [0.2, 0.25) is 0 Å². The van der Waals surface area contributed by atoms with Gasteiger partial charge in [-0.05, 0) is 81.3 Å². The molecular weight excluding hydrogens is 402 g/mol. The summed E-state index contributed by atoms with van der Waals surface area (Å²) in [5.41, 5.74) is 3.03. The van der Waals surface area contributed by atoms with Crippen LogP contribution < -0.4 is 10.1 Å². The predicted molar refractivity (Wildman–Crippen MR) is 135 cm³/mol. The molecule has 5 heteroatoms. The Morgan fingerprint density at radius 2 is 2.03 bits per heavy atom. The van der Waals surface area contributed by atoms with Gasteiger partial charge in [0, 0.05) is 36.8 Å². The van der Waals surface area contributed by atoms with Crippen molar-refractivity contribution in [3.05, 3.63) is 72.7 Å². The molecule has 0 saturated carbocycles. The molecule has 31 heavy (non-hydrogen) atoms. The van der Waals surface area contributed by atoms with E-state index in [1.807, 2.05) is 37.1 Å². The summed E-state index contributed by atoms with van der Waals surface area (Å²) in [6.45, 7) is 19.1. The van der Waals surface area contributed by atoms with Crippen molar-refractivity contribution >= 4 is 11.9 Å². The Morgan fingerprint density at radius 1 is 1.29 bits per heavy atom. The maximum Gasteiger partial charge on any atom is 0.118 e. The highest BCUT2D eigenvalue weighted by Gasteiger charge is 2.23. The van der Waals surface area contributed by atoms with Crippen LogP contribution in [0, 0.1) is 5.92 Å². The lowest BCUT2D eigenvalue weighted by Crippen LogP contribution is -2.38. The molecular formula is C26H39N3OS. The molecule has 0 spiro atoms. The highest BCUT2D eigenvalue weighted by molar-refractivity contribution is 7.97. The van der Waals surface area contributed by atoms with Crippen LogP contribution in [0.2, 0.25) is 0 Å². The molecule has 1 N–H and O–H groups in total. The summed E-state index contributed by atoms with van der Waals surface area (Å²) in [6.07, 6.45) is 9.60. The van der Waals surface area contributed by atoms with Gasteiger partial charge in [0.05, 0.1) is 18.5 Å². The van der Waals surface area contributed by atoms with Crippen LogP contribution in [0.15, 0.2) is 77.6 Å². The van der Waals surface area contributed by atoms with Crippen molar-refractivity contribution in [2.75, 3.05) is 33.3 Å². The maximum absolute atomic E-state index is 5.27. The summed E-state index contributed by atoms with van der Waals surface area (Å²) in [7, 11) is 1.70. The van der Waals surface area contributed by atoms with E-state index in [1.54, 1.807) is 7.11 Å². The van der Waals surface area contributed by atoms with Gasteiger partial charge in [-0.25, -0.2) is 4.31 Å². The van der Waals surface area contributed by atoms with E-state index in [-0.39, 0.29) is 0 Å². The molecule has 1 aromatic rings. The third kappa shape index (κ3) is 8.15. The van der Waals surface area contributed by atoms with Gasteiger partial charge in [-0.1, -0.05) is 32.2 Å². The first-order valence-electron chi connectivity index (χ1n) is 11.3. The number of hydrogen-bond acceptors (Lipinski definition) is 5. The van der Waals surface area contributed by atoms with E-state index in [0.29, 0.717) is 5.92 Å². The molecule has 4 nitrogen and oxygen atoms in total. The van der Waals surface area contributed by atoms with Crippen molar-refractivity contribution in [3.63, 3.8) is 0 Å². The first-order valence-corrected chi connectivity index (χ1v) is 12.1. The standard InChI is InChI=1S/C26H39N3OS/c1-7-10-13-24(8-2)27-21(4)22(5)28(9-3)19-23-12-11-18-29(20-23)31-26-16-14-25(30-6)15-17-26/h7,10,13-17,23,27H,4-5,8-9,11-12,18-20H2,1-3,6H3/b10-7-,24-13+. The van der Waals surface area contributed by atoms with Gasteiger partial charge in [-0.2, -0.15) is 0 Å². The molecule has 1 unspecified atom stereocenters. The SMILES string of the molecule is C=C(N/C(=C/C=C\C)CC)C(=C)N(CC)CC1CCCN(Sc2ccc(OC)cc2)C1. The number of piperidine rings is 1. The summed E-state index contributed by atoms with van der Waals surface area (Å²) >= 11 is 1.85. The highest BCUT2D eigenvalue weighted by atomic mass is 32.2. The van der Waals surface area contributed by atoms with Crippen LogP contribution >= 0.6 is 11.9 Å². The monoisotopic (exact) mass is 441 g/mol. The molecule has 170 valence electrons. The average molecular weight is 442 g/mol. The fourth-order valence-corrected chi connectivity index (χ4v) is 4.77. The topological polar surface area (TPSA) is 27.7 Å². The Labute approximate surface area is 193 Å². The molecule has 1 fully saturated rings. The zero-order chi connectivity index (χ0) is 22.6. The van der Waals surface area contributed by atoms with Gasteiger partial charge in [-0.15, -0.1) is 0 Å². The van der Waals surface area contributed by atoms with Crippen LogP contribution in [0.1, 0.15) is 40.0 Å². The number of hydrogen-bond donors (Lipinski definition) is 1. The van der Waals surface area contributed by atoms with Gasteiger partial charge in [0.25, 0.3) is 0 Å². The summed E-state index contributed by atoms with van der Waals surface area (Å²) in [6, 6.07) is 8.33. The molecule has 1 atom stereocenters. The van der Waals surface area contributed by atoms with Gasteiger partial charge >= 0.3 is 0 Å². The van der Waals surface area contributed by atoms with Crippen LogP contribution in [0.25, 0.3) is 0 Å². The number of likely N-dealkylation sites (N-methyl/N-ethyl adjacent to an activating group) is 1. The van der Waals surface area contributed by atoms with Crippen LogP contribution in [0.4, 0.5) is 0 Å². The highest BCUT2D eigenvalue weighted by Crippen LogP contribution is 2.30. The summed E-state index contributed by atoms with van der Waals surface area (Å²) in [5.74, 6) is 1.52. The third-order valence-corrected chi connectivity index (χ3v) is 6.62. The first-order chi connectivity index (χ1) is 15.0. The fraction of sp³-hybridized carbons (Fsp3) is 0.462. The van der Waals surface area contributed by atoms with Crippen molar-refractivity contribution in [2.24, 2.45) is 5.92 Å². The van der Waals surface area contributed by atoms with E-state index >= 15 is 0 Å². The van der Waals surface area contributed by atoms with Crippen molar-refractivity contribution in [3.8, 4) is 5.75 Å².